The molecule has 3 aliphatic rings. The van der Waals surface area contributed by atoms with Crippen LogP contribution in [0.4, 0.5) is 0 Å². The van der Waals surface area contributed by atoms with Crippen LogP contribution in [0.3, 0.4) is 0 Å². The molecule has 3 aliphatic carbocycles. The molecule has 2 atom stereocenters. The Morgan fingerprint density at radius 1 is 1.09 bits per heavy atom. The molecule has 1 saturated carbocycles. The molecule has 1 unspecified atom stereocenters. The van der Waals surface area contributed by atoms with E-state index in [1.165, 1.54) is 37.7 Å². The summed E-state index contributed by atoms with van der Waals surface area (Å²) >= 11 is 0. The van der Waals surface area contributed by atoms with Gasteiger partial charge in [-0.05, 0) is 60.8 Å². The van der Waals surface area contributed by atoms with E-state index in [4.69, 9.17) is 4.74 Å². The molecule has 4 rings (SSSR count). The summed E-state index contributed by atoms with van der Waals surface area (Å²) < 4.78 is 5.66. The van der Waals surface area contributed by atoms with E-state index >= 15 is 0 Å². The molecule has 0 heterocycles. The van der Waals surface area contributed by atoms with E-state index in [1.54, 1.807) is 22.3 Å². The van der Waals surface area contributed by atoms with Crippen molar-refractivity contribution in [2.24, 2.45) is 5.41 Å². The number of fused-ring (bicyclic) bond motifs is 3. The van der Waals surface area contributed by atoms with Gasteiger partial charge in [-0.15, -0.1) is 0 Å². The van der Waals surface area contributed by atoms with E-state index in [0.717, 1.165) is 6.42 Å². The van der Waals surface area contributed by atoms with Gasteiger partial charge in [-0.25, -0.2) is 0 Å². The van der Waals surface area contributed by atoms with Crippen molar-refractivity contribution in [2.45, 2.75) is 51.6 Å². The van der Waals surface area contributed by atoms with Crippen molar-refractivity contribution in [3.05, 3.63) is 64.8 Å². The molecular weight excluding hydrogens is 280 g/mol. The smallest absolute Gasteiger partial charge is 0.0609 e. The molecule has 1 aromatic rings. The maximum atomic E-state index is 5.66. The maximum absolute atomic E-state index is 5.66. The van der Waals surface area contributed by atoms with Crippen LogP contribution in [0.5, 0.6) is 0 Å². The predicted molar refractivity (Wildman–Crippen MR) is 96.1 cm³/mol. The van der Waals surface area contributed by atoms with Crippen LogP contribution in [-0.2, 0) is 4.74 Å². The van der Waals surface area contributed by atoms with Crippen LogP contribution in [0.2, 0.25) is 0 Å². The van der Waals surface area contributed by atoms with E-state index in [0.29, 0.717) is 6.10 Å². The predicted octanol–water partition coefficient (Wildman–Crippen LogP) is 5.70. The number of rotatable bonds is 2. The third-order valence-electron chi connectivity index (χ3n) is 6.11. The molecule has 0 aliphatic heterocycles. The van der Waals surface area contributed by atoms with Crippen LogP contribution < -0.4 is 0 Å². The maximum Gasteiger partial charge on any atom is 0.0609 e. The molecule has 0 amide bonds. The number of benzene rings is 1. The minimum atomic E-state index is 0.213. The summed E-state index contributed by atoms with van der Waals surface area (Å²) in [6.45, 7) is 2.47. The molecule has 1 aromatic carbocycles. The highest BCUT2D eigenvalue weighted by Crippen LogP contribution is 2.56. The molecule has 120 valence electrons. The molecule has 1 nitrogen and oxygen atoms in total. The van der Waals surface area contributed by atoms with Gasteiger partial charge in [0, 0.05) is 12.5 Å². The normalized spacial score (nSPS) is 30.3. The zero-order valence-corrected chi connectivity index (χ0v) is 14.3. The first-order chi connectivity index (χ1) is 11.2. The van der Waals surface area contributed by atoms with Crippen molar-refractivity contribution in [3.8, 4) is 0 Å². The van der Waals surface area contributed by atoms with Gasteiger partial charge < -0.3 is 4.74 Å². The Morgan fingerprint density at radius 2 is 1.91 bits per heavy atom. The van der Waals surface area contributed by atoms with Gasteiger partial charge in [-0.3, -0.25) is 0 Å². The number of hydrogen-bond donors (Lipinski definition) is 0. The first kappa shape index (κ1) is 15.0. The van der Waals surface area contributed by atoms with Gasteiger partial charge in [-0.1, -0.05) is 55.0 Å². The van der Waals surface area contributed by atoms with E-state index in [2.05, 4.69) is 49.4 Å². The zero-order valence-electron chi connectivity index (χ0n) is 14.3. The average Bonchev–Trinajstić information content (AvgIpc) is 2.61. The minimum Gasteiger partial charge on any atom is -0.381 e. The van der Waals surface area contributed by atoms with Crippen LogP contribution in [0.1, 0.15) is 51.0 Å². The lowest BCUT2D eigenvalue weighted by atomic mass is 9.59. The molecule has 0 N–H and O–H groups in total. The Kier molecular flexibility index (Phi) is 3.77. The van der Waals surface area contributed by atoms with Crippen LogP contribution in [0.25, 0.3) is 5.57 Å². The van der Waals surface area contributed by atoms with Crippen molar-refractivity contribution in [3.63, 3.8) is 0 Å². The summed E-state index contributed by atoms with van der Waals surface area (Å²) in [4.78, 5) is 0. The van der Waals surface area contributed by atoms with Crippen molar-refractivity contribution in [2.75, 3.05) is 7.11 Å². The van der Waals surface area contributed by atoms with Crippen LogP contribution >= 0.6 is 0 Å². The van der Waals surface area contributed by atoms with Crippen molar-refractivity contribution in [1.29, 1.82) is 0 Å². The zero-order chi connectivity index (χ0) is 15.9. The summed E-state index contributed by atoms with van der Waals surface area (Å²) in [7, 11) is 1.85. The standard InChI is InChI=1S/C22H26O/c1-22-14-13-19(23-2)15-18(22)12-11-17-9-6-10-20(21(17)22)16-7-4-3-5-8-16/h3-5,7-8,11-12,19H,6,9-10,13-15H2,1-2H3/t19?,22-/m0/s1. The Hall–Kier alpha value is -1.60. The summed E-state index contributed by atoms with van der Waals surface area (Å²) in [5.74, 6) is 0. The van der Waals surface area contributed by atoms with E-state index < -0.39 is 0 Å². The molecule has 0 aromatic heterocycles. The lowest BCUT2D eigenvalue weighted by Gasteiger charge is -2.46. The van der Waals surface area contributed by atoms with Gasteiger partial charge in [0.05, 0.1) is 6.10 Å². The lowest BCUT2D eigenvalue weighted by molar-refractivity contribution is 0.0672. The summed E-state index contributed by atoms with van der Waals surface area (Å²) in [6, 6.07) is 11.0. The fourth-order valence-electron chi connectivity index (χ4n) is 4.80. The van der Waals surface area contributed by atoms with Gasteiger partial charge in [-0.2, -0.15) is 0 Å². The second-order valence-electron chi connectivity index (χ2n) is 7.39. The van der Waals surface area contributed by atoms with E-state index in [-0.39, 0.29) is 5.41 Å². The van der Waals surface area contributed by atoms with Crippen molar-refractivity contribution < 1.29 is 4.74 Å². The Balaban J connectivity index is 1.85. The molecule has 23 heavy (non-hydrogen) atoms. The Bertz CT molecular complexity index is 692. The van der Waals surface area contributed by atoms with Gasteiger partial charge in [0.2, 0.25) is 0 Å². The molecule has 0 bridgehead atoms. The van der Waals surface area contributed by atoms with Crippen LogP contribution in [0, 0.1) is 5.41 Å². The third-order valence-corrected chi connectivity index (χ3v) is 6.11. The van der Waals surface area contributed by atoms with Gasteiger partial charge in [0.1, 0.15) is 0 Å². The minimum absolute atomic E-state index is 0.213. The second kappa shape index (κ2) is 5.79. The van der Waals surface area contributed by atoms with Gasteiger partial charge >= 0.3 is 0 Å². The van der Waals surface area contributed by atoms with Crippen LogP contribution in [-0.4, -0.2) is 13.2 Å². The highest BCUT2D eigenvalue weighted by atomic mass is 16.5. The van der Waals surface area contributed by atoms with Crippen LogP contribution in [0.15, 0.2) is 59.2 Å². The summed E-state index contributed by atoms with van der Waals surface area (Å²) in [5.41, 5.74) is 8.02. The lowest BCUT2D eigenvalue weighted by Crippen LogP contribution is -2.35. The van der Waals surface area contributed by atoms with Crippen molar-refractivity contribution in [1.82, 2.24) is 0 Å². The highest BCUT2D eigenvalue weighted by molar-refractivity contribution is 5.77. The van der Waals surface area contributed by atoms with Gasteiger partial charge in [0.25, 0.3) is 0 Å². The third kappa shape index (κ3) is 2.42. The first-order valence-corrected chi connectivity index (χ1v) is 8.95. The fourth-order valence-corrected chi connectivity index (χ4v) is 4.80. The Labute approximate surface area is 139 Å². The number of allylic oxidation sites excluding steroid dienone is 5. The SMILES string of the molecule is COC1CC[C@@]2(C)C(=CC=C3CCCC(c4ccccc4)=C32)C1. The second-order valence-corrected chi connectivity index (χ2v) is 7.39. The molecule has 1 fully saturated rings. The van der Waals surface area contributed by atoms with E-state index in [9.17, 15) is 0 Å². The number of ether oxygens (including phenoxy) is 1. The molecular formula is C22H26O. The molecule has 0 spiro atoms. The number of methoxy groups -OCH3 is 1. The number of hydrogen-bond acceptors (Lipinski definition) is 1. The quantitative estimate of drug-likeness (QED) is 0.681. The van der Waals surface area contributed by atoms with Crippen molar-refractivity contribution >= 4 is 5.57 Å². The average molecular weight is 306 g/mol. The summed E-state index contributed by atoms with van der Waals surface area (Å²) in [6.07, 6.45) is 12.4. The largest absolute Gasteiger partial charge is 0.381 e. The van der Waals surface area contributed by atoms with E-state index in [1.807, 2.05) is 7.11 Å². The Morgan fingerprint density at radius 3 is 2.70 bits per heavy atom. The highest BCUT2D eigenvalue weighted by Gasteiger charge is 2.43. The molecule has 1 heteroatoms. The monoisotopic (exact) mass is 306 g/mol. The summed E-state index contributed by atoms with van der Waals surface area (Å²) in [5, 5.41) is 0. The van der Waals surface area contributed by atoms with Gasteiger partial charge in [0.15, 0.2) is 0 Å². The fraction of sp³-hybridized carbons (Fsp3) is 0.455. The topological polar surface area (TPSA) is 9.23 Å². The molecule has 0 saturated heterocycles. The molecule has 0 radical (unpaired) electrons. The first-order valence-electron chi connectivity index (χ1n) is 8.95.